The Labute approximate surface area is 126 Å². The van der Waals surface area contributed by atoms with Crippen molar-refractivity contribution in [3.63, 3.8) is 0 Å². The standard InChI is InChI=1S/C17H12N2O3/c20-15-5-4-11(10-16(15)21)17(22)12-6-8-19-14(9-12)13-3-1-2-7-18-13/h1-10,20-21H. The highest BCUT2D eigenvalue weighted by Gasteiger charge is 2.13. The van der Waals surface area contributed by atoms with Crippen LogP contribution in [0.2, 0.25) is 0 Å². The summed E-state index contributed by atoms with van der Waals surface area (Å²) >= 11 is 0. The minimum Gasteiger partial charge on any atom is -0.504 e. The Hall–Kier alpha value is -3.21. The Morgan fingerprint density at radius 2 is 1.55 bits per heavy atom. The van der Waals surface area contributed by atoms with E-state index >= 15 is 0 Å². The molecular formula is C17H12N2O3. The number of ketones is 1. The first-order valence-electron chi connectivity index (χ1n) is 6.59. The lowest BCUT2D eigenvalue weighted by atomic mass is 10.0. The molecule has 0 spiro atoms. The van der Waals surface area contributed by atoms with E-state index in [1.54, 1.807) is 24.4 Å². The number of carbonyl (C=O) groups is 1. The van der Waals surface area contributed by atoms with E-state index in [4.69, 9.17) is 0 Å². The maximum atomic E-state index is 12.5. The van der Waals surface area contributed by atoms with Gasteiger partial charge in [-0.05, 0) is 42.5 Å². The molecule has 0 amide bonds. The number of hydrogen-bond donors (Lipinski definition) is 2. The molecule has 2 aromatic heterocycles. The summed E-state index contributed by atoms with van der Waals surface area (Å²) < 4.78 is 0. The van der Waals surface area contributed by atoms with Gasteiger partial charge in [0.25, 0.3) is 0 Å². The summed E-state index contributed by atoms with van der Waals surface area (Å²) in [4.78, 5) is 20.9. The number of aromatic nitrogens is 2. The quantitative estimate of drug-likeness (QED) is 0.573. The molecule has 1 aromatic carbocycles. The zero-order chi connectivity index (χ0) is 15.5. The summed E-state index contributed by atoms with van der Waals surface area (Å²) in [6.07, 6.45) is 3.20. The molecule has 22 heavy (non-hydrogen) atoms. The van der Waals surface area contributed by atoms with Crippen molar-refractivity contribution in [1.29, 1.82) is 0 Å². The average Bonchev–Trinajstić information content (AvgIpc) is 2.57. The predicted molar refractivity (Wildman–Crippen MR) is 80.7 cm³/mol. The third-order valence-electron chi connectivity index (χ3n) is 3.19. The van der Waals surface area contributed by atoms with E-state index in [1.165, 1.54) is 24.4 Å². The fourth-order valence-electron chi connectivity index (χ4n) is 2.06. The number of nitrogens with zero attached hydrogens (tertiary/aromatic N) is 2. The number of carbonyl (C=O) groups excluding carboxylic acids is 1. The molecular weight excluding hydrogens is 280 g/mol. The maximum absolute atomic E-state index is 12.5. The Balaban J connectivity index is 1.98. The van der Waals surface area contributed by atoms with E-state index in [0.717, 1.165) is 0 Å². The molecule has 0 saturated carbocycles. The molecule has 5 heteroatoms. The van der Waals surface area contributed by atoms with Gasteiger partial charge >= 0.3 is 0 Å². The van der Waals surface area contributed by atoms with Gasteiger partial charge in [0.2, 0.25) is 0 Å². The second kappa shape index (κ2) is 5.65. The molecule has 0 radical (unpaired) electrons. The summed E-state index contributed by atoms with van der Waals surface area (Å²) in [6.45, 7) is 0. The van der Waals surface area contributed by atoms with Crippen molar-refractivity contribution < 1.29 is 15.0 Å². The second-order valence-corrected chi connectivity index (χ2v) is 4.68. The number of aromatic hydroxyl groups is 2. The first-order chi connectivity index (χ1) is 10.6. The molecule has 0 unspecified atom stereocenters. The van der Waals surface area contributed by atoms with Crippen molar-refractivity contribution in [3.05, 3.63) is 72.1 Å². The van der Waals surface area contributed by atoms with E-state index in [2.05, 4.69) is 9.97 Å². The van der Waals surface area contributed by atoms with Crippen LogP contribution in [0.4, 0.5) is 0 Å². The summed E-state index contributed by atoms with van der Waals surface area (Å²) in [6, 6.07) is 12.7. The van der Waals surface area contributed by atoms with Gasteiger partial charge in [0.15, 0.2) is 17.3 Å². The fraction of sp³-hybridized carbons (Fsp3) is 0. The molecule has 5 nitrogen and oxygen atoms in total. The van der Waals surface area contributed by atoms with E-state index in [-0.39, 0.29) is 22.8 Å². The van der Waals surface area contributed by atoms with Crippen molar-refractivity contribution in [2.75, 3.05) is 0 Å². The number of phenols is 2. The smallest absolute Gasteiger partial charge is 0.193 e. The summed E-state index contributed by atoms with van der Waals surface area (Å²) in [5.41, 5.74) is 1.98. The molecule has 0 aliphatic rings. The predicted octanol–water partition coefficient (Wildman–Crippen LogP) is 2.79. The maximum Gasteiger partial charge on any atom is 0.193 e. The third kappa shape index (κ3) is 2.64. The van der Waals surface area contributed by atoms with E-state index in [9.17, 15) is 15.0 Å². The number of benzene rings is 1. The summed E-state index contributed by atoms with van der Waals surface area (Å²) in [7, 11) is 0. The van der Waals surface area contributed by atoms with E-state index < -0.39 is 0 Å². The van der Waals surface area contributed by atoms with Crippen LogP contribution in [0.25, 0.3) is 11.4 Å². The monoisotopic (exact) mass is 292 g/mol. The molecule has 3 aromatic rings. The third-order valence-corrected chi connectivity index (χ3v) is 3.19. The first kappa shape index (κ1) is 13.8. The van der Waals surface area contributed by atoms with Crippen LogP contribution < -0.4 is 0 Å². The largest absolute Gasteiger partial charge is 0.504 e. The van der Waals surface area contributed by atoms with Gasteiger partial charge in [0.05, 0.1) is 11.4 Å². The van der Waals surface area contributed by atoms with Gasteiger partial charge in [-0.25, -0.2) is 0 Å². The van der Waals surface area contributed by atoms with Crippen LogP contribution in [-0.4, -0.2) is 26.0 Å². The van der Waals surface area contributed by atoms with Crippen LogP contribution in [0.1, 0.15) is 15.9 Å². The van der Waals surface area contributed by atoms with Crippen molar-refractivity contribution >= 4 is 5.78 Å². The lowest BCUT2D eigenvalue weighted by Gasteiger charge is -2.05. The van der Waals surface area contributed by atoms with Gasteiger partial charge in [0.1, 0.15) is 0 Å². The minimum absolute atomic E-state index is 0.263. The minimum atomic E-state index is -0.329. The van der Waals surface area contributed by atoms with Crippen LogP contribution in [0.15, 0.2) is 60.9 Å². The molecule has 0 bridgehead atoms. The van der Waals surface area contributed by atoms with Gasteiger partial charge in [-0.15, -0.1) is 0 Å². The first-order valence-corrected chi connectivity index (χ1v) is 6.59. The van der Waals surface area contributed by atoms with Crippen LogP contribution in [0, 0.1) is 0 Å². The van der Waals surface area contributed by atoms with Crippen LogP contribution in [0.5, 0.6) is 11.5 Å². The van der Waals surface area contributed by atoms with Gasteiger partial charge in [-0.3, -0.25) is 14.8 Å². The number of pyridine rings is 2. The lowest BCUT2D eigenvalue weighted by molar-refractivity contribution is 0.103. The molecule has 2 N–H and O–H groups in total. The molecule has 0 aliphatic carbocycles. The highest BCUT2D eigenvalue weighted by molar-refractivity contribution is 6.09. The molecule has 108 valence electrons. The summed E-state index contributed by atoms with van der Waals surface area (Å²) in [5.74, 6) is -0.861. The Kier molecular flexibility index (Phi) is 3.53. The molecule has 3 rings (SSSR count). The molecule has 0 atom stereocenters. The van der Waals surface area contributed by atoms with Crippen LogP contribution >= 0.6 is 0 Å². The molecule has 2 heterocycles. The van der Waals surface area contributed by atoms with Crippen molar-refractivity contribution in [3.8, 4) is 22.9 Å². The van der Waals surface area contributed by atoms with Crippen molar-refractivity contribution in [2.24, 2.45) is 0 Å². The summed E-state index contributed by atoms with van der Waals surface area (Å²) in [5, 5.41) is 18.8. The SMILES string of the molecule is O=C(c1ccnc(-c2ccccn2)c1)c1ccc(O)c(O)c1. The van der Waals surface area contributed by atoms with Crippen molar-refractivity contribution in [1.82, 2.24) is 9.97 Å². The topological polar surface area (TPSA) is 83.3 Å². The van der Waals surface area contributed by atoms with Crippen molar-refractivity contribution in [2.45, 2.75) is 0 Å². The normalized spacial score (nSPS) is 10.4. The molecule has 0 saturated heterocycles. The zero-order valence-corrected chi connectivity index (χ0v) is 11.5. The molecule has 0 aliphatic heterocycles. The second-order valence-electron chi connectivity index (χ2n) is 4.68. The highest BCUT2D eigenvalue weighted by Crippen LogP contribution is 2.26. The highest BCUT2D eigenvalue weighted by atomic mass is 16.3. The zero-order valence-electron chi connectivity index (χ0n) is 11.5. The van der Waals surface area contributed by atoms with Crippen LogP contribution in [0.3, 0.4) is 0 Å². The van der Waals surface area contributed by atoms with Gasteiger partial charge in [-0.2, -0.15) is 0 Å². The van der Waals surface area contributed by atoms with Gasteiger partial charge in [-0.1, -0.05) is 6.07 Å². The Morgan fingerprint density at radius 1 is 0.773 bits per heavy atom. The van der Waals surface area contributed by atoms with Crippen LogP contribution in [-0.2, 0) is 0 Å². The Morgan fingerprint density at radius 3 is 2.27 bits per heavy atom. The average molecular weight is 292 g/mol. The Bertz CT molecular complexity index is 832. The number of phenolic OH excluding ortho intramolecular Hbond substituents is 2. The van der Waals surface area contributed by atoms with E-state index in [1.807, 2.05) is 12.1 Å². The number of rotatable bonds is 3. The molecule has 0 fully saturated rings. The van der Waals surface area contributed by atoms with E-state index in [0.29, 0.717) is 17.0 Å². The van der Waals surface area contributed by atoms with Gasteiger partial charge in [0, 0.05) is 23.5 Å². The lowest BCUT2D eigenvalue weighted by Crippen LogP contribution is -2.02. The fourth-order valence-corrected chi connectivity index (χ4v) is 2.06. The number of hydrogen-bond acceptors (Lipinski definition) is 5. The van der Waals surface area contributed by atoms with Gasteiger partial charge < -0.3 is 10.2 Å².